The molecule has 2 N–H and O–H groups in total. The molecule has 1 unspecified atom stereocenters. The Morgan fingerprint density at radius 1 is 1.10 bits per heavy atom. The zero-order valence-corrected chi connectivity index (χ0v) is 20.2. The van der Waals surface area contributed by atoms with Crippen LogP contribution in [-0.2, 0) is 13.1 Å². The Kier molecular flexibility index (Phi) is 8.96. The number of nitrogens with zero attached hydrogens (tertiary/aromatic N) is 4. The van der Waals surface area contributed by atoms with E-state index in [9.17, 15) is 0 Å². The maximum Gasteiger partial charge on any atom is 0.191 e. The Bertz CT molecular complexity index is 919. The van der Waals surface area contributed by atoms with Gasteiger partial charge in [0.05, 0.1) is 18.8 Å². The van der Waals surface area contributed by atoms with Gasteiger partial charge in [-0.05, 0) is 55.3 Å². The van der Waals surface area contributed by atoms with Crippen LogP contribution in [-0.4, -0.2) is 47.3 Å². The molecule has 0 radical (unpaired) electrons. The summed E-state index contributed by atoms with van der Waals surface area (Å²) >= 11 is 0. The number of benzene rings is 1. The largest absolute Gasteiger partial charge is 0.468 e. The second-order valence-electron chi connectivity index (χ2n) is 7.55. The SMILES string of the molecule is CN=C(NCc1ccccc1Cn1cccn1)NCC(c1ccco1)N1CCCC1.I. The van der Waals surface area contributed by atoms with Crippen LogP contribution < -0.4 is 10.6 Å². The van der Waals surface area contributed by atoms with Crippen LogP contribution in [0.15, 0.2) is 70.5 Å². The van der Waals surface area contributed by atoms with Gasteiger partial charge in [0.2, 0.25) is 0 Å². The predicted octanol–water partition coefficient (Wildman–Crippen LogP) is 3.64. The Morgan fingerprint density at radius 3 is 2.58 bits per heavy atom. The van der Waals surface area contributed by atoms with E-state index in [1.54, 1.807) is 6.26 Å². The van der Waals surface area contributed by atoms with E-state index in [2.05, 4.69) is 56.0 Å². The second-order valence-corrected chi connectivity index (χ2v) is 7.55. The average Bonchev–Trinajstić information content (AvgIpc) is 3.56. The van der Waals surface area contributed by atoms with Gasteiger partial charge in [-0.1, -0.05) is 24.3 Å². The first-order valence-corrected chi connectivity index (χ1v) is 10.6. The minimum absolute atomic E-state index is 0. The highest BCUT2D eigenvalue weighted by molar-refractivity contribution is 14.0. The fourth-order valence-electron chi connectivity index (χ4n) is 3.99. The molecule has 0 aliphatic carbocycles. The summed E-state index contributed by atoms with van der Waals surface area (Å²) in [5, 5.41) is 11.3. The molecule has 1 saturated heterocycles. The molecule has 1 aliphatic heterocycles. The van der Waals surface area contributed by atoms with Crippen molar-refractivity contribution in [2.75, 3.05) is 26.7 Å². The third-order valence-electron chi connectivity index (χ3n) is 5.60. The lowest BCUT2D eigenvalue weighted by molar-refractivity contribution is 0.215. The fourth-order valence-corrected chi connectivity index (χ4v) is 3.99. The zero-order chi connectivity index (χ0) is 20.6. The molecular weight excluding hydrogens is 503 g/mol. The molecule has 0 spiro atoms. The van der Waals surface area contributed by atoms with Crippen molar-refractivity contribution in [2.45, 2.75) is 32.0 Å². The number of rotatable bonds is 8. The summed E-state index contributed by atoms with van der Waals surface area (Å²) in [6.45, 7) is 4.43. The maximum atomic E-state index is 5.72. The second kappa shape index (κ2) is 11.9. The van der Waals surface area contributed by atoms with Crippen LogP contribution in [0.3, 0.4) is 0 Å². The van der Waals surface area contributed by atoms with Crippen molar-refractivity contribution in [1.29, 1.82) is 0 Å². The van der Waals surface area contributed by atoms with Gasteiger partial charge in [-0.2, -0.15) is 5.10 Å². The van der Waals surface area contributed by atoms with Crippen molar-refractivity contribution in [3.8, 4) is 0 Å². The Labute approximate surface area is 200 Å². The molecule has 4 rings (SSSR count). The monoisotopic (exact) mass is 534 g/mol. The van der Waals surface area contributed by atoms with Crippen molar-refractivity contribution < 1.29 is 4.42 Å². The first-order chi connectivity index (χ1) is 14.8. The molecule has 0 amide bonds. The predicted molar refractivity (Wildman–Crippen MR) is 134 cm³/mol. The summed E-state index contributed by atoms with van der Waals surface area (Å²) in [6.07, 6.45) is 8.04. The molecule has 1 fully saturated rings. The van der Waals surface area contributed by atoms with Crippen LogP contribution in [0.4, 0.5) is 0 Å². The van der Waals surface area contributed by atoms with Crippen molar-refractivity contribution >= 4 is 29.9 Å². The molecule has 1 atom stereocenters. The van der Waals surface area contributed by atoms with E-state index in [0.717, 1.165) is 37.9 Å². The minimum atomic E-state index is 0. The van der Waals surface area contributed by atoms with Crippen LogP contribution in [0, 0.1) is 0 Å². The molecule has 2 aromatic heterocycles. The van der Waals surface area contributed by atoms with E-state index in [1.807, 2.05) is 36.3 Å². The third-order valence-corrected chi connectivity index (χ3v) is 5.60. The molecule has 0 bridgehead atoms. The first-order valence-electron chi connectivity index (χ1n) is 10.6. The van der Waals surface area contributed by atoms with E-state index in [4.69, 9.17) is 4.42 Å². The quantitative estimate of drug-likeness (QED) is 0.263. The number of hydrogen-bond acceptors (Lipinski definition) is 4. The van der Waals surface area contributed by atoms with Crippen LogP contribution in [0.2, 0.25) is 0 Å². The van der Waals surface area contributed by atoms with E-state index in [-0.39, 0.29) is 30.0 Å². The van der Waals surface area contributed by atoms with Crippen LogP contribution >= 0.6 is 24.0 Å². The van der Waals surface area contributed by atoms with Gasteiger partial charge in [0.15, 0.2) is 5.96 Å². The van der Waals surface area contributed by atoms with Crippen LogP contribution in [0.5, 0.6) is 0 Å². The summed E-state index contributed by atoms with van der Waals surface area (Å²) in [6, 6.07) is 14.6. The standard InChI is InChI=1S/C23H30N6O.HI/c1-24-23(26-17-21(22-10-6-15-30-22)28-12-4-5-13-28)25-16-19-8-2-3-9-20(19)18-29-14-7-11-27-29;/h2-3,6-11,14-15,21H,4-5,12-13,16-18H2,1H3,(H2,24,25,26);1H. The molecule has 166 valence electrons. The molecule has 8 heteroatoms. The molecule has 1 aliphatic rings. The number of guanidine groups is 1. The average molecular weight is 534 g/mol. The molecular formula is C23H31IN6O. The number of hydrogen-bond donors (Lipinski definition) is 2. The lowest BCUT2D eigenvalue weighted by Crippen LogP contribution is -2.42. The number of halogens is 1. The fraction of sp³-hybridized carbons (Fsp3) is 0.391. The normalized spacial score (nSPS) is 15.5. The molecule has 3 aromatic rings. The van der Waals surface area contributed by atoms with Gasteiger partial charge in [-0.25, -0.2) is 0 Å². The van der Waals surface area contributed by atoms with Gasteiger partial charge in [0.1, 0.15) is 5.76 Å². The molecule has 3 heterocycles. The summed E-state index contributed by atoms with van der Waals surface area (Å²) in [4.78, 5) is 6.90. The summed E-state index contributed by atoms with van der Waals surface area (Å²) in [5.74, 6) is 1.80. The topological polar surface area (TPSA) is 70.6 Å². The highest BCUT2D eigenvalue weighted by Gasteiger charge is 2.25. The third kappa shape index (κ3) is 6.33. The summed E-state index contributed by atoms with van der Waals surface area (Å²) < 4.78 is 7.66. The molecule has 1 aromatic carbocycles. The lowest BCUT2D eigenvalue weighted by Gasteiger charge is -2.26. The van der Waals surface area contributed by atoms with E-state index >= 15 is 0 Å². The van der Waals surface area contributed by atoms with Crippen molar-refractivity contribution in [1.82, 2.24) is 25.3 Å². The minimum Gasteiger partial charge on any atom is -0.468 e. The van der Waals surface area contributed by atoms with E-state index in [1.165, 1.54) is 24.0 Å². The highest BCUT2D eigenvalue weighted by atomic mass is 127. The lowest BCUT2D eigenvalue weighted by atomic mass is 10.1. The number of aliphatic imine (C=N–C) groups is 1. The van der Waals surface area contributed by atoms with Crippen molar-refractivity contribution in [3.05, 3.63) is 78.0 Å². The molecule has 31 heavy (non-hydrogen) atoms. The Balaban J connectivity index is 0.00000272. The van der Waals surface area contributed by atoms with Crippen LogP contribution in [0.1, 0.15) is 35.8 Å². The Hall–Kier alpha value is -2.33. The molecule has 7 nitrogen and oxygen atoms in total. The van der Waals surface area contributed by atoms with Gasteiger partial charge >= 0.3 is 0 Å². The van der Waals surface area contributed by atoms with Gasteiger partial charge in [0.25, 0.3) is 0 Å². The van der Waals surface area contributed by atoms with E-state index < -0.39 is 0 Å². The smallest absolute Gasteiger partial charge is 0.191 e. The zero-order valence-electron chi connectivity index (χ0n) is 17.9. The number of furan rings is 1. The van der Waals surface area contributed by atoms with Gasteiger partial charge < -0.3 is 15.1 Å². The summed E-state index contributed by atoms with van der Waals surface area (Å²) in [7, 11) is 1.81. The number of likely N-dealkylation sites (tertiary alicyclic amines) is 1. The van der Waals surface area contributed by atoms with Gasteiger partial charge in [-0.3, -0.25) is 14.6 Å². The molecule has 0 saturated carbocycles. The number of nitrogens with one attached hydrogen (secondary N) is 2. The maximum absolute atomic E-state index is 5.72. The van der Waals surface area contributed by atoms with E-state index in [0.29, 0.717) is 6.54 Å². The summed E-state index contributed by atoms with van der Waals surface area (Å²) in [5.41, 5.74) is 2.48. The van der Waals surface area contributed by atoms with Crippen LogP contribution in [0.25, 0.3) is 0 Å². The van der Waals surface area contributed by atoms with Gasteiger partial charge in [0, 0.05) is 32.5 Å². The first kappa shape index (κ1) is 23.3. The Morgan fingerprint density at radius 2 is 1.90 bits per heavy atom. The number of aromatic nitrogens is 2. The van der Waals surface area contributed by atoms with Crippen molar-refractivity contribution in [2.24, 2.45) is 4.99 Å². The highest BCUT2D eigenvalue weighted by Crippen LogP contribution is 2.24. The van der Waals surface area contributed by atoms with Gasteiger partial charge in [-0.15, -0.1) is 24.0 Å². The van der Waals surface area contributed by atoms with Crippen molar-refractivity contribution in [3.63, 3.8) is 0 Å².